The van der Waals surface area contributed by atoms with Crippen molar-refractivity contribution in [2.45, 2.75) is 0 Å². The number of ether oxygens (including phenoxy) is 1. The largest absolute Gasteiger partial charge is 0.394 e. The predicted molar refractivity (Wildman–Crippen MR) is 63.7 cm³/mol. The molecular weight excluding hydrogens is 246 g/mol. The molecule has 1 aliphatic rings. The van der Waals surface area contributed by atoms with Gasteiger partial charge in [0.2, 0.25) is 0 Å². The first-order chi connectivity index (χ1) is 7.97. The molecule has 2 rings (SSSR count). The predicted octanol–water partition coefficient (Wildman–Crippen LogP) is 0.870. The summed E-state index contributed by atoms with van der Waals surface area (Å²) in [7, 11) is -4.67. The van der Waals surface area contributed by atoms with E-state index in [1.165, 1.54) is 5.69 Å². The zero-order chi connectivity index (χ0) is 12.7. The summed E-state index contributed by atoms with van der Waals surface area (Å²) in [5.41, 5.74) is 1.31. The van der Waals surface area contributed by atoms with E-state index in [-0.39, 0.29) is 0 Å². The Balaban J connectivity index is 0.000000249. The summed E-state index contributed by atoms with van der Waals surface area (Å²) < 4.78 is 36.9. The van der Waals surface area contributed by atoms with Gasteiger partial charge in [-0.15, -0.1) is 0 Å². The van der Waals surface area contributed by atoms with Crippen LogP contribution < -0.4 is 4.90 Å². The molecule has 2 N–H and O–H groups in total. The van der Waals surface area contributed by atoms with Crippen molar-refractivity contribution in [2.24, 2.45) is 0 Å². The van der Waals surface area contributed by atoms with Crippen molar-refractivity contribution >= 4 is 16.1 Å². The standard InChI is InChI=1S/C10H13NO.H2O4S/c1-2-4-10(5-3-1)11-6-8-12-9-7-11;1-5(2,3)4/h1-5H,6-9H2;(H2,1,2,3,4). The Bertz CT molecular complexity index is 406. The molecule has 0 unspecified atom stereocenters. The van der Waals surface area contributed by atoms with Crippen molar-refractivity contribution in [1.82, 2.24) is 0 Å². The molecule has 1 fully saturated rings. The van der Waals surface area contributed by atoms with E-state index in [0.717, 1.165) is 26.3 Å². The minimum atomic E-state index is -4.67. The van der Waals surface area contributed by atoms with Gasteiger partial charge in [0.1, 0.15) is 0 Å². The molecule has 0 aliphatic carbocycles. The summed E-state index contributed by atoms with van der Waals surface area (Å²) in [6.07, 6.45) is 0. The molecule has 0 bridgehead atoms. The van der Waals surface area contributed by atoms with Crippen molar-refractivity contribution < 1.29 is 22.3 Å². The van der Waals surface area contributed by atoms with Crippen LogP contribution in [-0.4, -0.2) is 43.8 Å². The second-order valence-electron chi connectivity index (χ2n) is 3.38. The Kier molecular flexibility index (Phi) is 5.36. The molecule has 1 saturated heterocycles. The second-order valence-corrected chi connectivity index (χ2v) is 4.28. The van der Waals surface area contributed by atoms with Crippen LogP contribution in [0.1, 0.15) is 0 Å². The van der Waals surface area contributed by atoms with Crippen molar-refractivity contribution in [2.75, 3.05) is 31.2 Å². The number of hydrogen-bond acceptors (Lipinski definition) is 4. The summed E-state index contributed by atoms with van der Waals surface area (Å²) >= 11 is 0. The summed E-state index contributed by atoms with van der Waals surface area (Å²) in [6, 6.07) is 10.5. The molecule has 0 spiro atoms. The Morgan fingerprint density at radius 3 is 2.00 bits per heavy atom. The Labute approximate surface area is 100 Å². The molecule has 7 heteroatoms. The molecule has 0 atom stereocenters. The highest BCUT2D eigenvalue weighted by Gasteiger charge is 2.09. The van der Waals surface area contributed by atoms with Gasteiger partial charge in [-0.3, -0.25) is 9.11 Å². The van der Waals surface area contributed by atoms with E-state index in [9.17, 15) is 0 Å². The third-order valence-electron chi connectivity index (χ3n) is 2.13. The van der Waals surface area contributed by atoms with E-state index in [4.69, 9.17) is 22.3 Å². The van der Waals surface area contributed by atoms with E-state index < -0.39 is 10.4 Å². The van der Waals surface area contributed by atoms with Gasteiger partial charge in [-0.2, -0.15) is 8.42 Å². The number of anilines is 1. The zero-order valence-corrected chi connectivity index (χ0v) is 10.0. The van der Waals surface area contributed by atoms with E-state index in [2.05, 4.69) is 29.2 Å². The third kappa shape index (κ3) is 6.90. The first-order valence-electron chi connectivity index (χ1n) is 5.04. The van der Waals surface area contributed by atoms with Gasteiger partial charge in [0.25, 0.3) is 0 Å². The van der Waals surface area contributed by atoms with E-state index in [1.54, 1.807) is 0 Å². The van der Waals surface area contributed by atoms with Crippen LogP contribution >= 0.6 is 0 Å². The van der Waals surface area contributed by atoms with Crippen LogP contribution in [0.15, 0.2) is 30.3 Å². The van der Waals surface area contributed by atoms with Crippen LogP contribution in [0.25, 0.3) is 0 Å². The average Bonchev–Trinajstić information content (AvgIpc) is 2.29. The molecule has 17 heavy (non-hydrogen) atoms. The average molecular weight is 261 g/mol. The quantitative estimate of drug-likeness (QED) is 0.729. The Hall–Kier alpha value is -1.15. The molecule has 1 aromatic carbocycles. The van der Waals surface area contributed by atoms with Crippen LogP contribution in [-0.2, 0) is 15.1 Å². The van der Waals surface area contributed by atoms with Gasteiger partial charge in [-0.25, -0.2) is 0 Å². The van der Waals surface area contributed by atoms with E-state index in [1.807, 2.05) is 6.07 Å². The van der Waals surface area contributed by atoms with Gasteiger partial charge >= 0.3 is 10.4 Å². The van der Waals surface area contributed by atoms with Crippen LogP contribution in [0.2, 0.25) is 0 Å². The summed E-state index contributed by atoms with van der Waals surface area (Å²) in [5, 5.41) is 0. The lowest BCUT2D eigenvalue weighted by molar-refractivity contribution is 0.122. The Morgan fingerprint density at radius 1 is 1.06 bits per heavy atom. The minimum Gasteiger partial charge on any atom is -0.378 e. The van der Waals surface area contributed by atoms with Crippen LogP contribution in [0, 0.1) is 0 Å². The molecule has 0 radical (unpaired) electrons. The lowest BCUT2D eigenvalue weighted by Crippen LogP contribution is -2.36. The smallest absolute Gasteiger partial charge is 0.378 e. The van der Waals surface area contributed by atoms with Crippen molar-refractivity contribution in [3.05, 3.63) is 30.3 Å². The van der Waals surface area contributed by atoms with Crippen LogP contribution in [0.5, 0.6) is 0 Å². The molecule has 6 nitrogen and oxygen atoms in total. The van der Waals surface area contributed by atoms with Gasteiger partial charge in [-0.1, -0.05) is 18.2 Å². The lowest BCUT2D eigenvalue weighted by Gasteiger charge is -2.28. The minimum absolute atomic E-state index is 0.856. The molecular formula is C10H15NO5S. The van der Waals surface area contributed by atoms with Gasteiger partial charge < -0.3 is 9.64 Å². The first-order valence-corrected chi connectivity index (χ1v) is 6.44. The van der Waals surface area contributed by atoms with Gasteiger partial charge in [0.05, 0.1) is 13.2 Å². The fourth-order valence-corrected chi connectivity index (χ4v) is 1.46. The summed E-state index contributed by atoms with van der Waals surface area (Å²) in [4.78, 5) is 2.35. The monoisotopic (exact) mass is 261 g/mol. The van der Waals surface area contributed by atoms with Crippen molar-refractivity contribution in [3.8, 4) is 0 Å². The van der Waals surface area contributed by atoms with Crippen molar-refractivity contribution in [3.63, 3.8) is 0 Å². The summed E-state index contributed by atoms with van der Waals surface area (Å²) in [5.74, 6) is 0. The number of benzene rings is 1. The highest BCUT2D eigenvalue weighted by Crippen LogP contribution is 2.13. The number of morpholine rings is 1. The normalized spacial score (nSPS) is 16.0. The van der Waals surface area contributed by atoms with E-state index >= 15 is 0 Å². The topological polar surface area (TPSA) is 87.1 Å². The molecule has 1 heterocycles. The van der Waals surface area contributed by atoms with Gasteiger partial charge in [-0.05, 0) is 12.1 Å². The first kappa shape index (κ1) is 13.9. The molecule has 96 valence electrons. The summed E-state index contributed by atoms with van der Waals surface area (Å²) in [6.45, 7) is 3.75. The van der Waals surface area contributed by atoms with Crippen LogP contribution in [0.3, 0.4) is 0 Å². The number of rotatable bonds is 1. The number of hydrogen-bond donors (Lipinski definition) is 2. The lowest BCUT2D eigenvalue weighted by atomic mass is 10.3. The molecule has 0 amide bonds. The highest BCUT2D eigenvalue weighted by molar-refractivity contribution is 7.79. The fourth-order valence-electron chi connectivity index (χ4n) is 1.46. The maximum absolute atomic E-state index is 8.74. The zero-order valence-electron chi connectivity index (χ0n) is 9.19. The number of nitrogens with zero attached hydrogens (tertiary/aromatic N) is 1. The van der Waals surface area contributed by atoms with Gasteiger partial charge in [0.15, 0.2) is 0 Å². The molecule has 1 aromatic rings. The number of para-hydroxylation sites is 1. The fraction of sp³-hybridized carbons (Fsp3) is 0.400. The maximum Gasteiger partial charge on any atom is 0.394 e. The third-order valence-corrected chi connectivity index (χ3v) is 2.13. The van der Waals surface area contributed by atoms with E-state index in [0.29, 0.717) is 0 Å². The molecule has 0 aromatic heterocycles. The maximum atomic E-state index is 8.74. The van der Waals surface area contributed by atoms with Crippen molar-refractivity contribution in [1.29, 1.82) is 0 Å². The molecule has 1 aliphatic heterocycles. The molecule has 0 saturated carbocycles. The van der Waals surface area contributed by atoms with Crippen LogP contribution in [0.4, 0.5) is 5.69 Å². The van der Waals surface area contributed by atoms with Gasteiger partial charge in [0, 0.05) is 18.8 Å². The second kappa shape index (κ2) is 6.55. The Morgan fingerprint density at radius 2 is 1.53 bits per heavy atom. The highest BCUT2D eigenvalue weighted by atomic mass is 32.3. The SMILES string of the molecule is O=S(=O)(O)O.c1ccc(N2CCOCC2)cc1.